The van der Waals surface area contributed by atoms with Crippen LogP contribution in [-0.4, -0.2) is 51.9 Å². The van der Waals surface area contributed by atoms with Crippen LogP contribution in [0.3, 0.4) is 0 Å². The van der Waals surface area contributed by atoms with Gasteiger partial charge in [0.25, 0.3) is 0 Å². The zero-order valence-corrected chi connectivity index (χ0v) is 14.9. The van der Waals surface area contributed by atoms with Crippen LogP contribution in [0.1, 0.15) is 28.9 Å². The van der Waals surface area contributed by atoms with Crippen molar-refractivity contribution in [2.24, 2.45) is 5.92 Å². The van der Waals surface area contributed by atoms with Crippen molar-refractivity contribution in [3.05, 3.63) is 53.2 Å². The van der Waals surface area contributed by atoms with Crippen molar-refractivity contribution in [3.8, 4) is 0 Å². The predicted molar refractivity (Wildman–Crippen MR) is 95.7 cm³/mol. The fraction of sp³-hybridized carbons (Fsp3) is 0.353. The summed E-state index contributed by atoms with van der Waals surface area (Å²) in [5.41, 5.74) is 0.713. The number of hydrogen-bond donors (Lipinski definition) is 1. The summed E-state index contributed by atoms with van der Waals surface area (Å²) in [5.74, 6) is -1.07. The first-order valence-corrected chi connectivity index (χ1v) is 9.81. The molecule has 0 radical (unpaired) electrons. The molecule has 0 aliphatic carbocycles. The zero-order chi connectivity index (χ0) is 18.6. The molecule has 0 amide bonds. The molecule has 1 fully saturated rings. The lowest BCUT2D eigenvalue weighted by Gasteiger charge is -2.30. The van der Waals surface area contributed by atoms with Gasteiger partial charge in [-0.3, -0.25) is 4.68 Å². The van der Waals surface area contributed by atoms with Crippen LogP contribution in [0.15, 0.2) is 41.9 Å². The molecule has 138 valence electrons. The van der Waals surface area contributed by atoms with Crippen molar-refractivity contribution in [1.82, 2.24) is 19.3 Å². The van der Waals surface area contributed by atoms with Crippen molar-refractivity contribution >= 4 is 22.1 Å². The third-order valence-electron chi connectivity index (χ3n) is 4.28. The van der Waals surface area contributed by atoms with E-state index in [0.29, 0.717) is 19.6 Å². The van der Waals surface area contributed by atoms with E-state index in [9.17, 15) is 13.2 Å². The molecule has 1 aliphatic rings. The third kappa shape index (κ3) is 4.55. The van der Waals surface area contributed by atoms with Crippen LogP contribution in [-0.2, 0) is 16.6 Å². The molecule has 8 nitrogen and oxygen atoms in total. The number of nitrogens with zero attached hydrogens (tertiary/aromatic N) is 4. The quantitative estimate of drug-likeness (QED) is 0.822. The average Bonchev–Trinajstić information content (AvgIpc) is 3.10. The predicted octanol–water partition coefficient (Wildman–Crippen LogP) is 1.69. The summed E-state index contributed by atoms with van der Waals surface area (Å²) < 4.78 is 28.1. The number of carboxylic acid groups (broad SMARTS) is 1. The maximum atomic E-state index is 12.6. The number of aromatic nitrogens is 3. The minimum atomic E-state index is -3.50. The molecule has 1 atom stereocenters. The van der Waals surface area contributed by atoms with Gasteiger partial charge >= 0.3 is 5.97 Å². The summed E-state index contributed by atoms with van der Waals surface area (Å²) in [6.45, 7) is 1.30. The molecule has 2 heterocycles. The highest BCUT2D eigenvalue weighted by atomic mass is 32.2. The van der Waals surface area contributed by atoms with Gasteiger partial charge < -0.3 is 5.11 Å². The first-order valence-electron chi connectivity index (χ1n) is 8.31. The number of carbonyl (C=O) groups is 1. The van der Waals surface area contributed by atoms with Crippen molar-refractivity contribution < 1.29 is 18.3 Å². The summed E-state index contributed by atoms with van der Waals surface area (Å²) in [6, 6.07) is 9.27. The molecule has 1 aromatic heterocycles. The van der Waals surface area contributed by atoms with Crippen LogP contribution in [0.5, 0.6) is 0 Å². The number of aromatic carboxylic acids is 1. The van der Waals surface area contributed by atoms with Crippen LogP contribution in [0.25, 0.3) is 6.08 Å². The summed E-state index contributed by atoms with van der Waals surface area (Å²) in [5, 5.41) is 17.5. The van der Waals surface area contributed by atoms with Gasteiger partial charge in [0.15, 0.2) is 5.69 Å². The lowest BCUT2D eigenvalue weighted by atomic mass is 10.00. The number of sulfonamides is 1. The highest BCUT2D eigenvalue weighted by Gasteiger charge is 2.27. The smallest absolute Gasteiger partial charge is 0.358 e. The minimum Gasteiger partial charge on any atom is -0.476 e. The monoisotopic (exact) mass is 376 g/mol. The molecule has 26 heavy (non-hydrogen) atoms. The summed E-state index contributed by atoms with van der Waals surface area (Å²) in [6.07, 6.45) is 4.57. The molecule has 0 saturated carbocycles. The van der Waals surface area contributed by atoms with Gasteiger partial charge in [0.2, 0.25) is 10.0 Å². The summed E-state index contributed by atoms with van der Waals surface area (Å²) in [4.78, 5) is 10.9. The van der Waals surface area contributed by atoms with Gasteiger partial charge in [-0.25, -0.2) is 13.2 Å². The lowest BCUT2D eigenvalue weighted by Crippen LogP contribution is -2.40. The number of rotatable bonds is 6. The van der Waals surface area contributed by atoms with Crippen molar-refractivity contribution in [2.75, 3.05) is 13.1 Å². The molecule has 1 aliphatic heterocycles. The molecule has 3 rings (SSSR count). The number of benzene rings is 1. The first-order chi connectivity index (χ1) is 12.4. The molecule has 0 unspecified atom stereocenters. The van der Waals surface area contributed by atoms with Crippen molar-refractivity contribution in [2.45, 2.75) is 19.4 Å². The molecule has 9 heteroatoms. The Morgan fingerprint density at radius 3 is 2.77 bits per heavy atom. The van der Waals surface area contributed by atoms with E-state index < -0.39 is 16.0 Å². The fourth-order valence-corrected chi connectivity index (χ4v) is 4.28. The van der Waals surface area contributed by atoms with E-state index in [1.165, 1.54) is 20.6 Å². The lowest BCUT2D eigenvalue weighted by molar-refractivity contribution is 0.0690. The Labute approximate surface area is 151 Å². The number of piperidine rings is 1. The molecular formula is C17H20N4O4S. The van der Waals surface area contributed by atoms with Crippen LogP contribution in [0.2, 0.25) is 0 Å². The number of hydrogen-bond acceptors (Lipinski definition) is 5. The molecule has 1 aromatic carbocycles. The van der Waals surface area contributed by atoms with Crippen LogP contribution in [0.4, 0.5) is 0 Å². The van der Waals surface area contributed by atoms with Gasteiger partial charge in [-0.2, -0.15) is 4.31 Å². The SMILES string of the molecule is O=C(O)c1cn(C[C@H]2CCCN(S(=O)(=O)/C=C/c3ccccc3)C2)nn1. The van der Waals surface area contributed by atoms with Gasteiger partial charge in [-0.15, -0.1) is 5.10 Å². The van der Waals surface area contributed by atoms with E-state index in [1.807, 2.05) is 30.3 Å². The number of carboxylic acids is 1. The van der Waals surface area contributed by atoms with E-state index in [1.54, 1.807) is 6.08 Å². The Morgan fingerprint density at radius 2 is 2.08 bits per heavy atom. The second-order valence-corrected chi connectivity index (χ2v) is 8.07. The van der Waals surface area contributed by atoms with Gasteiger partial charge in [-0.05, 0) is 30.4 Å². The molecule has 0 bridgehead atoms. The third-order valence-corrected chi connectivity index (χ3v) is 5.81. The largest absolute Gasteiger partial charge is 0.476 e. The van der Waals surface area contributed by atoms with Crippen LogP contribution >= 0.6 is 0 Å². The summed E-state index contributed by atoms with van der Waals surface area (Å²) >= 11 is 0. The molecule has 2 aromatic rings. The van der Waals surface area contributed by atoms with Gasteiger partial charge in [-0.1, -0.05) is 35.5 Å². The van der Waals surface area contributed by atoms with E-state index in [2.05, 4.69) is 10.3 Å². The van der Waals surface area contributed by atoms with Crippen molar-refractivity contribution in [3.63, 3.8) is 0 Å². The van der Waals surface area contributed by atoms with Gasteiger partial charge in [0.1, 0.15) is 0 Å². The molecule has 1 N–H and O–H groups in total. The maximum absolute atomic E-state index is 12.6. The Kier molecular flexibility index (Phi) is 5.48. The van der Waals surface area contributed by atoms with E-state index >= 15 is 0 Å². The molecule has 0 spiro atoms. The second kappa shape index (κ2) is 7.79. The first kappa shape index (κ1) is 18.3. The molecule has 1 saturated heterocycles. The van der Waals surface area contributed by atoms with Gasteiger partial charge in [0, 0.05) is 25.0 Å². The highest BCUT2D eigenvalue weighted by Crippen LogP contribution is 2.21. The Bertz CT molecular complexity index is 892. The normalized spacial score (nSPS) is 19.0. The molecular weight excluding hydrogens is 356 g/mol. The minimum absolute atomic E-state index is 0.0620. The second-order valence-electron chi connectivity index (χ2n) is 6.26. The van der Waals surface area contributed by atoms with Crippen molar-refractivity contribution in [1.29, 1.82) is 0 Å². The van der Waals surface area contributed by atoms with E-state index in [4.69, 9.17) is 5.11 Å². The standard InChI is InChI=1S/C17H20N4O4S/c22-17(23)16-13-20(19-18-16)11-15-7-4-9-21(12-15)26(24,25)10-8-14-5-2-1-3-6-14/h1-3,5-6,8,10,13,15H,4,7,9,11-12H2,(H,22,23)/b10-8+/t15-/m1/s1. The fourth-order valence-electron chi connectivity index (χ4n) is 2.97. The van der Waals surface area contributed by atoms with Crippen LogP contribution < -0.4 is 0 Å². The van der Waals surface area contributed by atoms with Gasteiger partial charge in [0.05, 0.1) is 6.20 Å². The Balaban J connectivity index is 1.65. The van der Waals surface area contributed by atoms with E-state index in [-0.39, 0.29) is 11.6 Å². The Morgan fingerprint density at radius 1 is 1.31 bits per heavy atom. The topological polar surface area (TPSA) is 105 Å². The maximum Gasteiger partial charge on any atom is 0.358 e. The Hall–Kier alpha value is -2.52. The zero-order valence-electron chi connectivity index (χ0n) is 14.1. The average molecular weight is 376 g/mol. The summed E-state index contributed by atoms with van der Waals surface area (Å²) in [7, 11) is -3.50. The van der Waals surface area contributed by atoms with Crippen LogP contribution in [0, 0.1) is 5.92 Å². The van der Waals surface area contributed by atoms with E-state index in [0.717, 1.165) is 18.4 Å². The highest BCUT2D eigenvalue weighted by molar-refractivity contribution is 7.92.